The van der Waals surface area contributed by atoms with Crippen LogP contribution in [0.15, 0.2) is 23.1 Å². The molecule has 0 radical (unpaired) electrons. The van der Waals surface area contributed by atoms with E-state index in [2.05, 4.69) is 4.72 Å². The van der Waals surface area contributed by atoms with E-state index in [9.17, 15) is 13.2 Å². The second-order valence-electron chi connectivity index (χ2n) is 2.67. The quantitative estimate of drug-likeness (QED) is 0.817. The number of halogens is 3. The summed E-state index contributed by atoms with van der Waals surface area (Å²) in [6.45, 7) is 0. The summed E-state index contributed by atoms with van der Waals surface area (Å²) in [5.41, 5.74) is -0.680. The molecule has 0 fully saturated rings. The van der Waals surface area contributed by atoms with Gasteiger partial charge in [-0.1, -0.05) is 0 Å². The van der Waals surface area contributed by atoms with Gasteiger partial charge >= 0.3 is 6.18 Å². The zero-order valence-corrected chi connectivity index (χ0v) is 9.00. The van der Waals surface area contributed by atoms with E-state index in [1.807, 2.05) is 0 Å². The predicted octanol–water partition coefficient (Wildman–Crippen LogP) is 2.94. The first-order valence-corrected chi connectivity index (χ1v) is 4.89. The van der Waals surface area contributed by atoms with Crippen molar-refractivity contribution in [3.05, 3.63) is 23.8 Å². The molecule has 1 rings (SSSR count). The fourth-order valence-electron chi connectivity index (χ4n) is 1.04. The van der Waals surface area contributed by atoms with E-state index in [1.165, 1.54) is 13.2 Å². The highest BCUT2D eigenvalue weighted by Crippen LogP contribution is 2.35. The van der Waals surface area contributed by atoms with Gasteiger partial charge in [0.15, 0.2) is 0 Å². The number of rotatable bonds is 3. The Kier molecular flexibility index (Phi) is 3.87. The van der Waals surface area contributed by atoms with Crippen molar-refractivity contribution in [2.75, 3.05) is 14.2 Å². The highest BCUT2D eigenvalue weighted by molar-refractivity contribution is 7.97. The molecule has 0 aliphatic carbocycles. The second kappa shape index (κ2) is 4.76. The van der Waals surface area contributed by atoms with Crippen LogP contribution in [0.2, 0.25) is 0 Å². The van der Waals surface area contributed by atoms with Gasteiger partial charge in [-0.15, -0.1) is 0 Å². The van der Waals surface area contributed by atoms with Crippen LogP contribution in [0.1, 0.15) is 5.56 Å². The summed E-state index contributed by atoms with van der Waals surface area (Å²) < 4.78 is 44.8. The van der Waals surface area contributed by atoms with Crippen LogP contribution in [0.3, 0.4) is 0 Å². The van der Waals surface area contributed by atoms with Crippen LogP contribution in [0.25, 0.3) is 0 Å². The summed E-state index contributed by atoms with van der Waals surface area (Å²) in [4.78, 5) is 0.412. The van der Waals surface area contributed by atoms with E-state index in [4.69, 9.17) is 4.74 Å². The maximum Gasteiger partial charge on any atom is 0.416 e. The maximum absolute atomic E-state index is 12.4. The third kappa shape index (κ3) is 3.04. The number of hydrogen-bond donors (Lipinski definition) is 1. The molecule has 2 nitrogen and oxygen atoms in total. The van der Waals surface area contributed by atoms with Gasteiger partial charge in [-0.25, -0.2) is 0 Å². The van der Waals surface area contributed by atoms with Crippen LogP contribution >= 0.6 is 11.9 Å². The van der Waals surface area contributed by atoms with Gasteiger partial charge < -0.3 is 4.74 Å². The van der Waals surface area contributed by atoms with Crippen molar-refractivity contribution in [3.8, 4) is 5.75 Å². The Hall–Kier alpha value is -0.880. The summed E-state index contributed by atoms with van der Waals surface area (Å²) in [6.07, 6.45) is -4.32. The zero-order valence-electron chi connectivity index (χ0n) is 8.18. The third-order valence-electron chi connectivity index (χ3n) is 1.70. The summed E-state index contributed by atoms with van der Waals surface area (Å²) in [5, 5.41) is 0. The highest BCUT2D eigenvalue weighted by atomic mass is 32.2. The predicted molar refractivity (Wildman–Crippen MR) is 52.9 cm³/mol. The number of hydrogen-bond acceptors (Lipinski definition) is 3. The molecule has 0 unspecified atom stereocenters. The molecule has 0 saturated carbocycles. The van der Waals surface area contributed by atoms with Gasteiger partial charge in [-0.2, -0.15) is 13.2 Å². The minimum Gasteiger partial charge on any atom is -0.496 e. The average molecular weight is 237 g/mol. The Morgan fingerprint density at radius 1 is 1.33 bits per heavy atom. The van der Waals surface area contributed by atoms with Crippen LogP contribution < -0.4 is 9.46 Å². The molecule has 6 heteroatoms. The van der Waals surface area contributed by atoms with Gasteiger partial charge in [0, 0.05) is 0 Å². The Morgan fingerprint density at radius 3 is 2.47 bits per heavy atom. The Bertz CT molecular complexity index is 341. The van der Waals surface area contributed by atoms with E-state index in [0.29, 0.717) is 10.6 Å². The molecule has 15 heavy (non-hydrogen) atoms. The summed E-state index contributed by atoms with van der Waals surface area (Å²) in [5.74, 6) is 0.419. The maximum atomic E-state index is 12.4. The van der Waals surface area contributed by atoms with Crippen molar-refractivity contribution < 1.29 is 17.9 Å². The van der Waals surface area contributed by atoms with Gasteiger partial charge in [0.25, 0.3) is 0 Å². The Balaban J connectivity index is 3.10. The lowest BCUT2D eigenvalue weighted by atomic mass is 10.2. The number of benzene rings is 1. The van der Waals surface area contributed by atoms with Crippen LogP contribution in [0.5, 0.6) is 5.75 Å². The van der Waals surface area contributed by atoms with Crippen LogP contribution in [-0.2, 0) is 6.18 Å². The molecule has 0 saturated heterocycles. The van der Waals surface area contributed by atoms with E-state index < -0.39 is 11.7 Å². The molecule has 0 amide bonds. The summed E-state index contributed by atoms with van der Waals surface area (Å²) in [7, 11) is 3.05. The molecule has 0 aromatic heterocycles. The van der Waals surface area contributed by atoms with Crippen molar-refractivity contribution >= 4 is 11.9 Å². The minimum atomic E-state index is -4.32. The molecule has 0 heterocycles. The van der Waals surface area contributed by atoms with Crippen molar-refractivity contribution in [1.82, 2.24) is 4.72 Å². The molecule has 0 spiro atoms. The van der Waals surface area contributed by atoms with Crippen molar-refractivity contribution in [3.63, 3.8) is 0 Å². The first kappa shape index (κ1) is 12.2. The fourth-order valence-corrected chi connectivity index (χ4v) is 1.70. The molecular weight excluding hydrogens is 227 g/mol. The summed E-state index contributed by atoms with van der Waals surface area (Å²) in [6, 6.07) is 3.36. The number of nitrogens with one attached hydrogen (secondary N) is 1. The molecule has 0 bridgehead atoms. The lowest BCUT2D eigenvalue weighted by Gasteiger charge is -2.11. The number of methoxy groups -OCH3 is 1. The monoisotopic (exact) mass is 237 g/mol. The van der Waals surface area contributed by atoms with Gasteiger partial charge in [0.05, 0.1) is 17.6 Å². The molecular formula is C9H10F3NOS. The van der Waals surface area contributed by atoms with Crippen LogP contribution in [0.4, 0.5) is 13.2 Å². The third-order valence-corrected chi connectivity index (χ3v) is 2.45. The van der Waals surface area contributed by atoms with Crippen molar-refractivity contribution in [2.45, 2.75) is 11.1 Å². The summed E-state index contributed by atoms with van der Waals surface area (Å²) >= 11 is 1.08. The number of alkyl halides is 3. The van der Waals surface area contributed by atoms with E-state index >= 15 is 0 Å². The average Bonchev–Trinajstić information content (AvgIpc) is 2.17. The standard InChI is InChI=1S/C9H10F3NOS/c1-13-15-8-5-6(9(10,11)12)3-4-7(8)14-2/h3-5,13H,1-2H3. The Morgan fingerprint density at radius 2 is 2.00 bits per heavy atom. The first-order chi connectivity index (χ1) is 6.99. The second-order valence-corrected chi connectivity index (χ2v) is 3.72. The normalized spacial score (nSPS) is 11.5. The molecule has 1 N–H and O–H groups in total. The molecule has 0 atom stereocenters. The molecule has 0 aliphatic rings. The lowest BCUT2D eigenvalue weighted by molar-refractivity contribution is -0.137. The zero-order chi connectivity index (χ0) is 11.5. The van der Waals surface area contributed by atoms with Gasteiger partial charge in [-0.3, -0.25) is 4.72 Å². The van der Waals surface area contributed by atoms with Gasteiger partial charge in [-0.05, 0) is 37.2 Å². The van der Waals surface area contributed by atoms with Gasteiger partial charge in [0.1, 0.15) is 5.75 Å². The van der Waals surface area contributed by atoms with E-state index in [1.54, 1.807) is 7.05 Å². The SMILES string of the molecule is CNSc1cc(C(F)(F)F)ccc1OC. The van der Waals surface area contributed by atoms with Crippen molar-refractivity contribution in [2.24, 2.45) is 0 Å². The fraction of sp³-hybridized carbons (Fsp3) is 0.333. The van der Waals surface area contributed by atoms with Gasteiger partial charge in [0.2, 0.25) is 0 Å². The lowest BCUT2D eigenvalue weighted by Crippen LogP contribution is -2.05. The highest BCUT2D eigenvalue weighted by Gasteiger charge is 2.31. The molecule has 1 aromatic rings. The first-order valence-electron chi connectivity index (χ1n) is 4.08. The topological polar surface area (TPSA) is 21.3 Å². The van der Waals surface area contributed by atoms with E-state index in [-0.39, 0.29) is 0 Å². The number of ether oxygens (including phenoxy) is 1. The van der Waals surface area contributed by atoms with Crippen LogP contribution in [-0.4, -0.2) is 14.2 Å². The largest absolute Gasteiger partial charge is 0.496 e. The molecule has 84 valence electrons. The van der Waals surface area contributed by atoms with Crippen molar-refractivity contribution in [1.29, 1.82) is 0 Å². The molecule has 1 aromatic carbocycles. The smallest absolute Gasteiger partial charge is 0.416 e. The molecule has 0 aliphatic heterocycles. The van der Waals surface area contributed by atoms with E-state index in [0.717, 1.165) is 24.1 Å². The minimum absolute atomic E-state index is 0.412. The van der Waals surface area contributed by atoms with Crippen LogP contribution in [0, 0.1) is 0 Å². The Labute approximate surface area is 89.9 Å².